The number of hydrogen-bond acceptors (Lipinski definition) is 5. The number of fused-ring (bicyclic) bond motifs is 3. The zero-order chi connectivity index (χ0) is 22.5. The highest BCUT2D eigenvalue weighted by molar-refractivity contribution is 6.00. The lowest BCUT2D eigenvalue weighted by Gasteiger charge is -2.14. The molecule has 3 N–H and O–H groups in total. The molecular weight excluding hydrogens is 412 g/mol. The number of benzene rings is 2. The van der Waals surface area contributed by atoms with Gasteiger partial charge < -0.3 is 19.6 Å². The van der Waals surface area contributed by atoms with E-state index < -0.39 is 18.0 Å². The Kier molecular flexibility index (Phi) is 6.21. The summed E-state index contributed by atoms with van der Waals surface area (Å²) in [4.78, 5) is 35.2. The highest BCUT2D eigenvalue weighted by Crippen LogP contribution is 2.44. The summed E-state index contributed by atoms with van der Waals surface area (Å²) in [6, 6.07) is 17.5. The van der Waals surface area contributed by atoms with Gasteiger partial charge >= 0.3 is 12.1 Å². The highest BCUT2D eigenvalue weighted by atomic mass is 16.5. The highest BCUT2D eigenvalue weighted by Gasteiger charge is 2.29. The number of carbonyl (C=O) groups excluding carboxylic acids is 2. The quantitative estimate of drug-likeness (QED) is 0.457. The van der Waals surface area contributed by atoms with E-state index in [1.54, 1.807) is 0 Å². The standard InChI is InChI=1S/C24H22N2O6/c27-21(28)10-5-12-25-23(29)22-20(11-13-31-22)26-24(30)32-14-19-17-8-3-1-6-15(17)16-7-2-4-9-18(16)19/h1-4,6-9,11,13,19H,5,10,12,14H2,(H,25,29)(H,26,30)(H,27,28). The molecule has 0 radical (unpaired) electrons. The molecule has 0 unspecified atom stereocenters. The fourth-order valence-corrected chi connectivity index (χ4v) is 3.85. The van der Waals surface area contributed by atoms with Crippen molar-refractivity contribution in [3.05, 3.63) is 77.7 Å². The molecule has 0 atom stereocenters. The molecule has 2 aromatic carbocycles. The summed E-state index contributed by atoms with van der Waals surface area (Å²) in [7, 11) is 0. The van der Waals surface area contributed by atoms with Crippen molar-refractivity contribution in [2.75, 3.05) is 18.5 Å². The average molecular weight is 434 g/mol. The van der Waals surface area contributed by atoms with Crippen molar-refractivity contribution in [2.24, 2.45) is 0 Å². The maximum absolute atomic E-state index is 12.4. The Morgan fingerprint density at radius 3 is 2.28 bits per heavy atom. The number of aliphatic carboxylic acids is 1. The zero-order valence-electron chi connectivity index (χ0n) is 17.2. The van der Waals surface area contributed by atoms with Crippen LogP contribution in [0.2, 0.25) is 0 Å². The molecule has 4 rings (SSSR count). The summed E-state index contributed by atoms with van der Waals surface area (Å²) < 4.78 is 10.7. The van der Waals surface area contributed by atoms with Crippen LogP contribution in [-0.4, -0.2) is 36.2 Å². The third-order valence-corrected chi connectivity index (χ3v) is 5.30. The van der Waals surface area contributed by atoms with E-state index in [4.69, 9.17) is 14.3 Å². The molecule has 0 saturated carbocycles. The first-order valence-corrected chi connectivity index (χ1v) is 10.2. The van der Waals surface area contributed by atoms with E-state index in [9.17, 15) is 14.4 Å². The van der Waals surface area contributed by atoms with Gasteiger partial charge in [0.25, 0.3) is 5.91 Å². The van der Waals surface area contributed by atoms with Crippen LogP contribution in [0.4, 0.5) is 10.5 Å². The lowest BCUT2D eigenvalue weighted by Crippen LogP contribution is -2.26. The zero-order valence-corrected chi connectivity index (χ0v) is 17.2. The number of carbonyl (C=O) groups is 3. The summed E-state index contributed by atoms with van der Waals surface area (Å²) in [6.45, 7) is 0.324. The van der Waals surface area contributed by atoms with Crippen LogP contribution in [0.15, 0.2) is 65.3 Å². The van der Waals surface area contributed by atoms with Gasteiger partial charge in [-0.1, -0.05) is 48.5 Å². The first-order valence-electron chi connectivity index (χ1n) is 10.2. The molecule has 32 heavy (non-hydrogen) atoms. The van der Waals surface area contributed by atoms with Crippen molar-refractivity contribution in [2.45, 2.75) is 18.8 Å². The van der Waals surface area contributed by atoms with Gasteiger partial charge in [0.2, 0.25) is 5.76 Å². The van der Waals surface area contributed by atoms with Crippen LogP contribution < -0.4 is 10.6 Å². The normalized spacial score (nSPS) is 12.0. The number of nitrogens with one attached hydrogen (secondary N) is 2. The molecule has 8 heteroatoms. The van der Waals surface area contributed by atoms with Crippen LogP contribution in [0.1, 0.15) is 40.4 Å². The minimum atomic E-state index is -0.935. The van der Waals surface area contributed by atoms with Crippen LogP contribution in [0.5, 0.6) is 0 Å². The Morgan fingerprint density at radius 1 is 0.969 bits per heavy atom. The second kappa shape index (κ2) is 9.38. The van der Waals surface area contributed by atoms with Crippen LogP contribution in [0.25, 0.3) is 11.1 Å². The number of amides is 2. The molecule has 3 aromatic rings. The number of anilines is 1. The SMILES string of the molecule is O=C(O)CCCNC(=O)c1occc1NC(=O)OCC1c2ccccc2-c2ccccc21. The summed E-state index contributed by atoms with van der Waals surface area (Å²) in [5.74, 6) is -1.63. The molecular formula is C24H22N2O6. The van der Waals surface area contributed by atoms with Crippen molar-refractivity contribution in [1.29, 1.82) is 0 Å². The monoisotopic (exact) mass is 434 g/mol. The largest absolute Gasteiger partial charge is 0.481 e. The third kappa shape index (κ3) is 4.49. The van der Waals surface area contributed by atoms with E-state index in [2.05, 4.69) is 22.8 Å². The minimum absolute atomic E-state index is 0.0523. The molecule has 1 aromatic heterocycles. The number of furan rings is 1. The smallest absolute Gasteiger partial charge is 0.411 e. The summed E-state index contributed by atoms with van der Waals surface area (Å²) in [5, 5.41) is 13.8. The van der Waals surface area contributed by atoms with E-state index in [0.29, 0.717) is 0 Å². The number of ether oxygens (including phenoxy) is 1. The molecule has 1 aliphatic rings. The van der Waals surface area contributed by atoms with Crippen LogP contribution in [-0.2, 0) is 9.53 Å². The second-order valence-corrected chi connectivity index (χ2v) is 7.37. The van der Waals surface area contributed by atoms with Crippen LogP contribution in [0.3, 0.4) is 0 Å². The molecule has 0 saturated heterocycles. The predicted molar refractivity (Wildman–Crippen MR) is 117 cm³/mol. The van der Waals surface area contributed by atoms with E-state index in [0.717, 1.165) is 22.3 Å². The van der Waals surface area contributed by atoms with Gasteiger partial charge in [-0.25, -0.2) is 4.79 Å². The van der Waals surface area contributed by atoms with Gasteiger partial charge in [0.1, 0.15) is 6.61 Å². The second-order valence-electron chi connectivity index (χ2n) is 7.37. The molecule has 0 fully saturated rings. The minimum Gasteiger partial charge on any atom is -0.481 e. The maximum atomic E-state index is 12.4. The van der Waals surface area contributed by atoms with E-state index in [1.165, 1.54) is 12.3 Å². The van der Waals surface area contributed by atoms with Gasteiger partial charge in [-0.2, -0.15) is 0 Å². The number of hydrogen-bond donors (Lipinski definition) is 3. The fourth-order valence-electron chi connectivity index (χ4n) is 3.85. The van der Waals surface area contributed by atoms with Gasteiger partial charge in [-0.05, 0) is 28.7 Å². The molecule has 0 aliphatic heterocycles. The van der Waals surface area contributed by atoms with Crippen molar-refractivity contribution >= 4 is 23.7 Å². The first kappa shape index (κ1) is 21.2. The molecule has 0 bridgehead atoms. The molecule has 2 amide bonds. The predicted octanol–water partition coefficient (Wildman–Crippen LogP) is 4.24. The Labute approximate surface area is 184 Å². The van der Waals surface area contributed by atoms with Gasteiger partial charge in [-0.15, -0.1) is 0 Å². The van der Waals surface area contributed by atoms with Crippen LogP contribution in [0, 0.1) is 0 Å². The molecule has 1 heterocycles. The molecule has 164 valence electrons. The van der Waals surface area contributed by atoms with Crippen LogP contribution >= 0.6 is 0 Å². The van der Waals surface area contributed by atoms with Crippen molar-refractivity contribution < 1.29 is 28.6 Å². The van der Waals surface area contributed by atoms with Crippen molar-refractivity contribution in [3.8, 4) is 11.1 Å². The first-order chi connectivity index (χ1) is 15.5. The Bertz CT molecular complexity index is 1110. The lowest BCUT2D eigenvalue weighted by molar-refractivity contribution is -0.137. The summed E-state index contributed by atoms with van der Waals surface area (Å²) >= 11 is 0. The molecule has 8 nitrogen and oxygen atoms in total. The van der Waals surface area contributed by atoms with E-state index >= 15 is 0 Å². The summed E-state index contributed by atoms with van der Waals surface area (Å²) in [6.07, 6.45) is 0.819. The van der Waals surface area contributed by atoms with Crippen molar-refractivity contribution in [3.63, 3.8) is 0 Å². The van der Waals surface area contributed by atoms with E-state index in [-0.39, 0.29) is 43.4 Å². The van der Waals surface area contributed by atoms with Gasteiger partial charge in [-0.3, -0.25) is 14.9 Å². The number of carboxylic acids is 1. The number of carboxylic acid groups (broad SMARTS) is 1. The van der Waals surface area contributed by atoms with Crippen molar-refractivity contribution in [1.82, 2.24) is 5.32 Å². The molecule has 0 spiro atoms. The molecule has 1 aliphatic carbocycles. The lowest BCUT2D eigenvalue weighted by atomic mass is 9.98. The fraction of sp³-hybridized carbons (Fsp3) is 0.208. The third-order valence-electron chi connectivity index (χ3n) is 5.30. The Hall–Kier alpha value is -4.07. The topological polar surface area (TPSA) is 118 Å². The Morgan fingerprint density at radius 2 is 1.62 bits per heavy atom. The average Bonchev–Trinajstić information content (AvgIpc) is 3.37. The number of rotatable bonds is 8. The van der Waals surface area contributed by atoms with Gasteiger partial charge in [0.15, 0.2) is 0 Å². The van der Waals surface area contributed by atoms with Gasteiger partial charge in [0, 0.05) is 24.9 Å². The summed E-state index contributed by atoms with van der Waals surface area (Å²) in [5.41, 5.74) is 4.65. The Balaban J connectivity index is 1.36. The maximum Gasteiger partial charge on any atom is 0.411 e. The van der Waals surface area contributed by atoms with E-state index in [1.807, 2.05) is 36.4 Å². The van der Waals surface area contributed by atoms with Gasteiger partial charge in [0.05, 0.1) is 12.0 Å².